The zero-order valence-corrected chi connectivity index (χ0v) is 9.26. The first-order valence-corrected chi connectivity index (χ1v) is 5.63. The van der Waals surface area contributed by atoms with Gasteiger partial charge in [-0.15, -0.1) is 11.8 Å². The summed E-state index contributed by atoms with van der Waals surface area (Å²) < 4.78 is 0. The number of hydrogen-bond donors (Lipinski definition) is 0. The van der Waals surface area contributed by atoms with Crippen molar-refractivity contribution in [2.45, 2.75) is 0 Å². The Morgan fingerprint density at radius 2 is 2.33 bits per heavy atom. The molecule has 3 nitrogen and oxygen atoms in total. The quantitative estimate of drug-likeness (QED) is 0.586. The van der Waals surface area contributed by atoms with Crippen molar-refractivity contribution in [1.82, 2.24) is 9.97 Å². The van der Waals surface area contributed by atoms with Crippen LogP contribution in [0.3, 0.4) is 0 Å². The number of aromatic nitrogens is 2. The molecule has 0 saturated carbocycles. The number of carbonyl (C=O) groups is 1. The number of allylic oxidation sites excluding steroid dienone is 3. The van der Waals surface area contributed by atoms with E-state index in [4.69, 9.17) is 11.6 Å². The van der Waals surface area contributed by atoms with Gasteiger partial charge < -0.3 is 0 Å². The van der Waals surface area contributed by atoms with E-state index in [1.165, 1.54) is 11.8 Å². The van der Waals surface area contributed by atoms with Crippen LogP contribution in [0.2, 0.25) is 5.28 Å². The van der Waals surface area contributed by atoms with E-state index in [1.54, 1.807) is 18.3 Å². The smallest absolute Gasteiger partial charge is 0.222 e. The van der Waals surface area contributed by atoms with Crippen molar-refractivity contribution in [2.75, 3.05) is 5.75 Å². The predicted molar refractivity (Wildman–Crippen MR) is 61.6 cm³/mol. The summed E-state index contributed by atoms with van der Waals surface area (Å²) in [6.45, 7) is 0. The number of nitrogens with zero attached hydrogens (tertiary/aromatic N) is 2. The lowest BCUT2D eigenvalue weighted by atomic mass is 10.2. The lowest BCUT2D eigenvalue weighted by Gasteiger charge is -2.09. The molecule has 0 unspecified atom stereocenters. The van der Waals surface area contributed by atoms with Crippen LogP contribution in [0.5, 0.6) is 0 Å². The highest BCUT2D eigenvalue weighted by Crippen LogP contribution is 2.27. The first-order chi connectivity index (χ1) is 7.29. The number of carbonyl (C=O) groups excluding carboxylic acids is 1. The first kappa shape index (κ1) is 10.4. The standard InChI is InChI=1S/C10H7ClN2OS/c11-10-12-4-3-9(13-10)7-1-2-8(5-14)15-6-7/h1-5H,6H2. The number of rotatable bonds is 2. The fourth-order valence-corrected chi connectivity index (χ4v) is 2.13. The zero-order valence-electron chi connectivity index (χ0n) is 7.68. The van der Waals surface area contributed by atoms with Crippen molar-refractivity contribution in [3.05, 3.63) is 40.3 Å². The van der Waals surface area contributed by atoms with Crippen LogP contribution in [0.4, 0.5) is 0 Å². The molecule has 76 valence electrons. The summed E-state index contributed by atoms with van der Waals surface area (Å²) >= 11 is 7.19. The summed E-state index contributed by atoms with van der Waals surface area (Å²) in [6, 6.07) is 1.80. The molecule has 1 aliphatic heterocycles. The van der Waals surface area contributed by atoms with E-state index in [2.05, 4.69) is 9.97 Å². The molecule has 0 aliphatic carbocycles. The molecular formula is C10H7ClN2OS. The van der Waals surface area contributed by atoms with Crippen LogP contribution in [0.15, 0.2) is 29.3 Å². The van der Waals surface area contributed by atoms with Gasteiger partial charge in [0.1, 0.15) is 0 Å². The van der Waals surface area contributed by atoms with Gasteiger partial charge >= 0.3 is 0 Å². The van der Waals surface area contributed by atoms with Crippen LogP contribution in [0.1, 0.15) is 5.69 Å². The largest absolute Gasteiger partial charge is 0.297 e. The van der Waals surface area contributed by atoms with Crippen molar-refractivity contribution in [1.29, 1.82) is 0 Å². The molecule has 0 radical (unpaired) electrons. The highest BCUT2D eigenvalue weighted by atomic mass is 35.5. The number of hydrogen-bond acceptors (Lipinski definition) is 4. The van der Waals surface area contributed by atoms with Crippen LogP contribution in [0, 0.1) is 0 Å². The third-order valence-electron chi connectivity index (χ3n) is 1.91. The minimum atomic E-state index is 0.239. The van der Waals surface area contributed by atoms with Gasteiger partial charge in [-0.2, -0.15) is 0 Å². The summed E-state index contributed by atoms with van der Waals surface area (Å²) in [6.07, 6.45) is 6.14. The highest BCUT2D eigenvalue weighted by Gasteiger charge is 2.09. The van der Waals surface area contributed by atoms with Crippen molar-refractivity contribution < 1.29 is 4.79 Å². The van der Waals surface area contributed by atoms with Gasteiger partial charge in [0.05, 0.1) is 5.69 Å². The number of halogens is 1. The van der Waals surface area contributed by atoms with E-state index >= 15 is 0 Å². The summed E-state index contributed by atoms with van der Waals surface area (Å²) in [5, 5.41) is 0.239. The average molecular weight is 239 g/mol. The lowest BCUT2D eigenvalue weighted by molar-refractivity contribution is -0.104. The maximum atomic E-state index is 10.5. The summed E-state index contributed by atoms with van der Waals surface area (Å²) in [5.74, 6) is 0.734. The molecule has 2 heterocycles. The Morgan fingerprint density at radius 3 is 2.93 bits per heavy atom. The van der Waals surface area contributed by atoms with Crippen molar-refractivity contribution in [3.63, 3.8) is 0 Å². The molecule has 0 spiro atoms. The van der Waals surface area contributed by atoms with Crippen LogP contribution >= 0.6 is 23.4 Å². The van der Waals surface area contributed by atoms with Crippen molar-refractivity contribution in [3.8, 4) is 0 Å². The van der Waals surface area contributed by atoms with Gasteiger partial charge in [0, 0.05) is 16.9 Å². The first-order valence-electron chi connectivity index (χ1n) is 4.27. The number of thioether (sulfide) groups is 1. The van der Waals surface area contributed by atoms with Gasteiger partial charge in [-0.25, -0.2) is 9.97 Å². The fourth-order valence-electron chi connectivity index (χ4n) is 1.19. The van der Waals surface area contributed by atoms with Crippen LogP contribution in [-0.2, 0) is 4.79 Å². The van der Waals surface area contributed by atoms with Crippen LogP contribution < -0.4 is 0 Å². The predicted octanol–water partition coefficient (Wildman–Crippen LogP) is 2.34. The van der Waals surface area contributed by atoms with Crippen LogP contribution in [0.25, 0.3) is 5.57 Å². The van der Waals surface area contributed by atoms with Gasteiger partial charge in [-0.05, 0) is 29.3 Å². The molecule has 0 aromatic carbocycles. The third-order valence-corrected chi connectivity index (χ3v) is 3.12. The van der Waals surface area contributed by atoms with E-state index in [9.17, 15) is 4.79 Å². The second kappa shape index (κ2) is 4.59. The summed E-state index contributed by atoms with van der Waals surface area (Å²) in [5.41, 5.74) is 1.86. The molecular weight excluding hydrogens is 232 g/mol. The summed E-state index contributed by atoms with van der Waals surface area (Å²) in [7, 11) is 0. The third kappa shape index (κ3) is 2.46. The van der Waals surface area contributed by atoms with E-state index in [1.807, 2.05) is 6.08 Å². The Bertz CT molecular complexity index is 456. The molecule has 0 amide bonds. The van der Waals surface area contributed by atoms with Gasteiger partial charge in [-0.3, -0.25) is 4.79 Å². The molecule has 5 heteroatoms. The van der Waals surface area contributed by atoms with E-state index < -0.39 is 0 Å². The Kier molecular flexibility index (Phi) is 3.18. The lowest BCUT2D eigenvalue weighted by Crippen LogP contribution is -1.97. The van der Waals surface area contributed by atoms with E-state index in [-0.39, 0.29) is 5.28 Å². The molecule has 0 bridgehead atoms. The molecule has 2 rings (SSSR count). The molecule has 15 heavy (non-hydrogen) atoms. The molecule has 1 aliphatic rings. The van der Waals surface area contributed by atoms with Gasteiger partial charge in [-0.1, -0.05) is 6.08 Å². The maximum absolute atomic E-state index is 10.5. The van der Waals surface area contributed by atoms with Crippen molar-refractivity contribution >= 4 is 35.2 Å². The Labute approximate surface area is 96.3 Å². The van der Waals surface area contributed by atoms with E-state index in [0.717, 1.165) is 28.2 Å². The Hall–Kier alpha value is -1.13. The highest BCUT2D eigenvalue weighted by molar-refractivity contribution is 8.04. The summed E-state index contributed by atoms with van der Waals surface area (Å²) in [4.78, 5) is 19.1. The molecule has 1 aromatic heterocycles. The minimum Gasteiger partial charge on any atom is -0.297 e. The average Bonchev–Trinajstić information content (AvgIpc) is 2.29. The Balaban J connectivity index is 2.30. The van der Waals surface area contributed by atoms with Crippen LogP contribution in [-0.4, -0.2) is 22.0 Å². The van der Waals surface area contributed by atoms with E-state index in [0.29, 0.717) is 0 Å². The minimum absolute atomic E-state index is 0.239. The normalized spacial score (nSPS) is 15.5. The second-order valence-electron chi connectivity index (χ2n) is 2.88. The number of aldehydes is 1. The Morgan fingerprint density at radius 1 is 1.47 bits per heavy atom. The van der Waals surface area contributed by atoms with Crippen molar-refractivity contribution in [2.24, 2.45) is 0 Å². The topological polar surface area (TPSA) is 42.9 Å². The van der Waals surface area contributed by atoms with Gasteiger partial charge in [0.2, 0.25) is 5.28 Å². The molecule has 0 N–H and O–H groups in total. The SMILES string of the molecule is O=CC1=CC=C(c2ccnc(Cl)n2)CS1. The maximum Gasteiger partial charge on any atom is 0.222 e. The second-order valence-corrected chi connectivity index (χ2v) is 4.27. The molecule has 1 aromatic rings. The molecule has 0 atom stereocenters. The molecule has 0 saturated heterocycles. The zero-order chi connectivity index (χ0) is 10.7. The van der Waals surface area contributed by atoms with Gasteiger partial charge in [0.15, 0.2) is 6.29 Å². The monoisotopic (exact) mass is 238 g/mol. The molecule has 0 fully saturated rings. The van der Waals surface area contributed by atoms with Gasteiger partial charge in [0.25, 0.3) is 0 Å². The fraction of sp³-hybridized carbons (Fsp3) is 0.100.